The van der Waals surface area contributed by atoms with E-state index in [1.165, 1.54) is 12.1 Å². The summed E-state index contributed by atoms with van der Waals surface area (Å²) >= 11 is 0. The average molecular weight is 317 g/mol. The van der Waals surface area contributed by atoms with Gasteiger partial charge in [0.25, 0.3) is 0 Å². The molecule has 3 rings (SSSR count). The molecule has 0 spiro atoms. The van der Waals surface area contributed by atoms with Crippen molar-refractivity contribution in [3.05, 3.63) is 54.1 Å². The summed E-state index contributed by atoms with van der Waals surface area (Å²) in [5.41, 5.74) is 1.87. The SMILES string of the molecule is N#CCN1CCN(c2ccc(C(F)(F)F)cc2)c2ccccc21. The Balaban J connectivity index is 1.95. The van der Waals surface area contributed by atoms with Gasteiger partial charge in [-0.2, -0.15) is 18.4 Å². The molecule has 0 unspecified atom stereocenters. The molecule has 1 aliphatic heterocycles. The van der Waals surface area contributed by atoms with Crippen LogP contribution in [-0.2, 0) is 6.18 Å². The highest BCUT2D eigenvalue weighted by molar-refractivity contribution is 5.79. The molecule has 3 nitrogen and oxygen atoms in total. The van der Waals surface area contributed by atoms with Crippen LogP contribution in [0.2, 0.25) is 0 Å². The number of benzene rings is 2. The van der Waals surface area contributed by atoms with Crippen LogP contribution in [0.4, 0.5) is 30.2 Å². The van der Waals surface area contributed by atoms with Crippen molar-refractivity contribution in [1.82, 2.24) is 0 Å². The Morgan fingerprint density at radius 1 is 0.957 bits per heavy atom. The van der Waals surface area contributed by atoms with Crippen molar-refractivity contribution in [1.29, 1.82) is 5.26 Å². The summed E-state index contributed by atoms with van der Waals surface area (Å²) in [5.74, 6) is 0. The lowest BCUT2D eigenvalue weighted by atomic mass is 10.1. The zero-order chi connectivity index (χ0) is 16.4. The Morgan fingerprint density at radius 2 is 1.61 bits per heavy atom. The number of hydrogen-bond donors (Lipinski definition) is 0. The van der Waals surface area contributed by atoms with Gasteiger partial charge in [-0.1, -0.05) is 12.1 Å². The van der Waals surface area contributed by atoms with Crippen LogP contribution in [0.15, 0.2) is 48.5 Å². The lowest BCUT2D eigenvalue weighted by Crippen LogP contribution is -2.39. The number of hydrogen-bond acceptors (Lipinski definition) is 3. The predicted octanol–water partition coefficient (Wildman–Crippen LogP) is 4.19. The molecule has 1 aliphatic rings. The molecule has 23 heavy (non-hydrogen) atoms. The highest BCUT2D eigenvalue weighted by Gasteiger charge is 2.30. The van der Waals surface area contributed by atoms with Gasteiger partial charge in [0, 0.05) is 18.8 Å². The Morgan fingerprint density at radius 3 is 2.22 bits per heavy atom. The second-order valence-electron chi connectivity index (χ2n) is 5.26. The van der Waals surface area contributed by atoms with E-state index in [0.717, 1.165) is 23.5 Å². The van der Waals surface area contributed by atoms with Gasteiger partial charge in [0.05, 0.1) is 23.0 Å². The molecule has 0 radical (unpaired) electrons. The third-order valence-electron chi connectivity index (χ3n) is 3.87. The number of nitrogens with zero attached hydrogens (tertiary/aromatic N) is 3. The molecule has 0 atom stereocenters. The first-order valence-corrected chi connectivity index (χ1v) is 7.16. The molecule has 0 aromatic heterocycles. The number of anilines is 3. The topological polar surface area (TPSA) is 30.3 Å². The summed E-state index contributed by atoms with van der Waals surface area (Å²) in [6.45, 7) is 1.55. The second-order valence-corrected chi connectivity index (χ2v) is 5.26. The summed E-state index contributed by atoms with van der Waals surface area (Å²) in [5, 5.41) is 8.92. The van der Waals surface area contributed by atoms with Crippen LogP contribution in [0.25, 0.3) is 0 Å². The maximum Gasteiger partial charge on any atom is 0.416 e. The number of rotatable bonds is 2. The molecule has 2 aromatic carbocycles. The fourth-order valence-corrected chi connectivity index (χ4v) is 2.77. The third kappa shape index (κ3) is 2.95. The van der Waals surface area contributed by atoms with E-state index in [1.54, 1.807) is 0 Å². The van der Waals surface area contributed by atoms with Gasteiger partial charge in [-0.05, 0) is 36.4 Å². The van der Waals surface area contributed by atoms with Crippen LogP contribution in [-0.4, -0.2) is 19.6 Å². The van der Waals surface area contributed by atoms with Gasteiger partial charge in [0.2, 0.25) is 0 Å². The normalized spacial score (nSPS) is 14.3. The molecular weight excluding hydrogens is 303 g/mol. The minimum absolute atomic E-state index is 0.290. The van der Waals surface area contributed by atoms with E-state index in [9.17, 15) is 13.2 Å². The van der Waals surface area contributed by atoms with Crippen molar-refractivity contribution in [3.8, 4) is 6.07 Å². The van der Waals surface area contributed by atoms with E-state index in [2.05, 4.69) is 6.07 Å². The zero-order valence-corrected chi connectivity index (χ0v) is 12.2. The Kier molecular flexibility index (Phi) is 3.87. The van der Waals surface area contributed by atoms with Gasteiger partial charge in [0.1, 0.15) is 6.54 Å². The fraction of sp³-hybridized carbons (Fsp3) is 0.235. The molecule has 118 valence electrons. The van der Waals surface area contributed by atoms with E-state index in [1.807, 2.05) is 34.1 Å². The molecule has 6 heteroatoms. The number of nitriles is 1. The number of para-hydroxylation sites is 2. The van der Waals surface area contributed by atoms with E-state index in [0.29, 0.717) is 18.8 Å². The third-order valence-corrected chi connectivity index (χ3v) is 3.87. The van der Waals surface area contributed by atoms with Crippen molar-refractivity contribution in [2.75, 3.05) is 29.4 Å². The van der Waals surface area contributed by atoms with Crippen LogP contribution in [0.5, 0.6) is 0 Å². The van der Waals surface area contributed by atoms with E-state index >= 15 is 0 Å². The smallest absolute Gasteiger partial charge is 0.355 e. The van der Waals surface area contributed by atoms with Crippen LogP contribution >= 0.6 is 0 Å². The van der Waals surface area contributed by atoms with Crippen molar-refractivity contribution >= 4 is 17.1 Å². The summed E-state index contributed by atoms with van der Waals surface area (Å²) < 4.78 is 38.1. The van der Waals surface area contributed by atoms with Crippen molar-refractivity contribution in [2.24, 2.45) is 0 Å². The predicted molar refractivity (Wildman–Crippen MR) is 82.7 cm³/mol. The van der Waals surface area contributed by atoms with Crippen molar-refractivity contribution in [3.63, 3.8) is 0 Å². The zero-order valence-electron chi connectivity index (χ0n) is 12.2. The van der Waals surface area contributed by atoms with Crippen molar-refractivity contribution in [2.45, 2.75) is 6.18 Å². The van der Waals surface area contributed by atoms with Crippen LogP contribution in [0.1, 0.15) is 5.56 Å². The second kappa shape index (κ2) is 5.84. The summed E-state index contributed by atoms with van der Waals surface area (Å²) in [7, 11) is 0. The number of halogens is 3. The fourth-order valence-electron chi connectivity index (χ4n) is 2.77. The molecule has 0 aliphatic carbocycles. The van der Waals surface area contributed by atoms with Crippen LogP contribution in [0, 0.1) is 11.3 Å². The molecule has 0 saturated heterocycles. The summed E-state index contributed by atoms with van der Waals surface area (Å²) in [4.78, 5) is 3.94. The first kappa shape index (κ1) is 15.2. The molecule has 2 aromatic rings. The summed E-state index contributed by atoms with van der Waals surface area (Å²) in [6.07, 6.45) is -4.33. The van der Waals surface area contributed by atoms with Gasteiger partial charge in [-0.15, -0.1) is 0 Å². The Labute approximate surface area is 132 Å². The first-order chi connectivity index (χ1) is 11.0. The maximum atomic E-state index is 12.7. The van der Waals surface area contributed by atoms with Gasteiger partial charge in [-0.25, -0.2) is 0 Å². The largest absolute Gasteiger partial charge is 0.416 e. The minimum atomic E-state index is -4.33. The molecule has 0 bridgehead atoms. The van der Waals surface area contributed by atoms with E-state index < -0.39 is 11.7 Å². The van der Waals surface area contributed by atoms with Gasteiger partial charge < -0.3 is 9.80 Å². The van der Waals surface area contributed by atoms with Gasteiger partial charge >= 0.3 is 6.18 Å². The molecule has 0 fully saturated rings. The minimum Gasteiger partial charge on any atom is -0.355 e. The number of alkyl halides is 3. The highest BCUT2D eigenvalue weighted by atomic mass is 19.4. The highest BCUT2D eigenvalue weighted by Crippen LogP contribution is 2.38. The lowest BCUT2D eigenvalue weighted by molar-refractivity contribution is -0.137. The molecule has 0 saturated carbocycles. The van der Waals surface area contributed by atoms with E-state index in [4.69, 9.17) is 5.26 Å². The number of fused-ring (bicyclic) bond motifs is 1. The Hall–Kier alpha value is -2.68. The standard InChI is InChI=1S/C17H14F3N3/c18-17(19,20)13-5-7-14(8-6-13)23-12-11-22(10-9-21)15-3-1-2-4-16(15)23/h1-8H,10-12H2. The van der Waals surface area contributed by atoms with Crippen LogP contribution < -0.4 is 9.80 Å². The Bertz CT molecular complexity index is 732. The quantitative estimate of drug-likeness (QED) is 0.778. The molecule has 0 amide bonds. The van der Waals surface area contributed by atoms with Crippen LogP contribution in [0.3, 0.4) is 0 Å². The average Bonchev–Trinajstić information content (AvgIpc) is 2.55. The van der Waals surface area contributed by atoms with Gasteiger partial charge in [0.15, 0.2) is 0 Å². The monoisotopic (exact) mass is 317 g/mol. The van der Waals surface area contributed by atoms with Gasteiger partial charge in [-0.3, -0.25) is 0 Å². The lowest BCUT2D eigenvalue weighted by Gasteiger charge is -2.37. The first-order valence-electron chi connectivity index (χ1n) is 7.16. The molecule has 0 N–H and O–H groups in total. The van der Waals surface area contributed by atoms with E-state index in [-0.39, 0.29) is 6.54 Å². The molecular formula is C17H14F3N3. The summed E-state index contributed by atoms with van der Waals surface area (Å²) in [6, 6.07) is 14.9. The van der Waals surface area contributed by atoms with Crippen molar-refractivity contribution < 1.29 is 13.2 Å². The maximum absolute atomic E-state index is 12.7. The molecule has 1 heterocycles.